The number of ether oxygens (including phenoxy) is 1. The average molecular weight is 230 g/mol. The van der Waals surface area contributed by atoms with Gasteiger partial charge in [-0.05, 0) is 31.2 Å². The van der Waals surface area contributed by atoms with Gasteiger partial charge in [0.25, 0.3) is 0 Å². The zero-order valence-electron chi connectivity index (χ0n) is 9.77. The first-order valence-electron chi connectivity index (χ1n) is 5.19. The van der Waals surface area contributed by atoms with E-state index >= 15 is 0 Å². The predicted octanol–water partition coefficient (Wildman–Crippen LogP) is 2.12. The molecule has 2 aromatic rings. The van der Waals surface area contributed by atoms with E-state index in [1.807, 2.05) is 31.2 Å². The third-order valence-corrected chi connectivity index (χ3v) is 2.34. The molecule has 0 aliphatic rings. The second kappa shape index (κ2) is 4.69. The van der Waals surface area contributed by atoms with Crippen molar-refractivity contribution in [3.05, 3.63) is 36.0 Å². The van der Waals surface area contributed by atoms with Crippen LogP contribution in [0.4, 0.5) is 17.5 Å². The van der Waals surface area contributed by atoms with Crippen molar-refractivity contribution >= 4 is 17.5 Å². The SMILES string of the molecule is COc1ccc(Nc2nc(N)ncc2C)cc1. The van der Waals surface area contributed by atoms with Gasteiger partial charge >= 0.3 is 0 Å². The third kappa shape index (κ3) is 2.63. The smallest absolute Gasteiger partial charge is 0.221 e. The molecule has 0 aliphatic heterocycles. The van der Waals surface area contributed by atoms with E-state index < -0.39 is 0 Å². The van der Waals surface area contributed by atoms with Crippen molar-refractivity contribution in [3.63, 3.8) is 0 Å². The van der Waals surface area contributed by atoms with E-state index in [0.717, 1.165) is 17.0 Å². The second-order valence-corrected chi connectivity index (χ2v) is 3.61. The topological polar surface area (TPSA) is 73.1 Å². The summed E-state index contributed by atoms with van der Waals surface area (Å²) >= 11 is 0. The lowest BCUT2D eigenvalue weighted by molar-refractivity contribution is 0.415. The number of nitrogens with zero attached hydrogens (tertiary/aromatic N) is 2. The van der Waals surface area contributed by atoms with Gasteiger partial charge in [0.15, 0.2) is 0 Å². The Balaban J connectivity index is 2.22. The molecule has 0 bridgehead atoms. The Morgan fingerprint density at radius 2 is 1.94 bits per heavy atom. The number of anilines is 3. The number of nitrogens with two attached hydrogens (primary N) is 1. The van der Waals surface area contributed by atoms with Crippen LogP contribution in [0.2, 0.25) is 0 Å². The fraction of sp³-hybridized carbons (Fsp3) is 0.167. The molecule has 1 aromatic carbocycles. The second-order valence-electron chi connectivity index (χ2n) is 3.61. The molecule has 0 unspecified atom stereocenters. The lowest BCUT2D eigenvalue weighted by atomic mass is 10.3. The van der Waals surface area contributed by atoms with Crippen molar-refractivity contribution in [2.75, 3.05) is 18.2 Å². The highest BCUT2D eigenvalue weighted by molar-refractivity contribution is 5.60. The third-order valence-electron chi connectivity index (χ3n) is 2.34. The highest BCUT2D eigenvalue weighted by atomic mass is 16.5. The monoisotopic (exact) mass is 230 g/mol. The Morgan fingerprint density at radius 1 is 1.24 bits per heavy atom. The average Bonchev–Trinajstić information content (AvgIpc) is 2.35. The number of hydrogen-bond donors (Lipinski definition) is 2. The summed E-state index contributed by atoms with van der Waals surface area (Å²) in [4.78, 5) is 8.05. The molecule has 88 valence electrons. The predicted molar refractivity (Wildman–Crippen MR) is 67.5 cm³/mol. The number of nitrogens with one attached hydrogen (secondary N) is 1. The van der Waals surface area contributed by atoms with Crippen LogP contribution in [0.25, 0.3) is 0 Å². The number of aryl methyl sites for hydroxylation is 1. The van der Waals surface area contributed by atoms with Crippen molar-refractivity contribution in [3.8, 4) is 5.75 Å². The van der Waals surface area contributed by atoms with E-state index in [4.69, 9.17) is 10.5 Å². The van der Waals surface area contributed by atoms with E-state index in [-0.39, 0.29) is 5.95 Å². The van der Waals surface area contributed by atoms with E-state index in [0.29, 0.717) is 5.82 Å². The molecule has 0 atom stereocenters. The van der Waals surface area contributed by atoms with Crippen LogP contribution in [-0.4, -0.2) is 17.1 Å². The van der Waals surface area contributed by atoms with Crippen LogP contribution in [0.5, 0.6) is 5.75 Å². The summed E-state index contributed by atoms with van der Waals surface area (Å²) in [6.45, 7) is 1.92. The minimum absolute atomic E-state index is 0.256. The van der Waals surface area contributed by atoms with Gasteiger partial charge in [-0.1, -0.05) is 0 Å². The molecule has 5 heteroatoms. The van der Waals surface area contributed by atoms with Gasteiger partial charge in [-0.3, -0.25) is 0 Å². The van der Waals surface area contributed by atoms with Crippen LogP contribution >= 0.6 is 0 Å². The lowest BCUT2D eigenvalue weighted by Crippen LogP contribution is -2.01. The van der Waals surface area contributed by atoms with Crippen LogP contribution in [0.15, 0.2) is 30.5 Å². The lowest BCUT2D eigenvalue weighted by Gasteiger charge is -2.09. The van der Waals surface area contributed by atoms with Crippen molar-refractivity contribution in [1.82, 2.24) is 9.97 Å². The van der Waals surface area contributed by atoms with E-state index in [1.165, 1.54) is 0 Å². The molecular formula is C12H14N4O. The molecule has 0 aliphatic carbocycles. The molecule has 5 nitrogen and oxygen atoms in total. The molecule has 3 N–H and O–H groups in total. The van der Waals surface area contributed by atoms with Gasteiger partial charge in [0.2, 0.25) is 5.95 Å². The van der Waals surface area contributed by atoms with Crippen molar-refractivity contribution < 1.29 is 4.74 Å². The molecular weight excluding hydrogens is 216 g/mol. The van der Waals surface area contributed by atoms with Crippen LogP contribution in [0.3, 0.4) is 0 Å². The summed E-state index contributed by atoms with van der Waals surface area (Å²) in [5, 5.41) is 3.18. The standard InChI is InChI=1S/C12H14N4O/c1-8-7-14-12(13)16-11(8)15-9-3-5-10(17-2)6-4-9/h3-7H,1-2H3,(H3,13,14,15,16). The van der Waals surface area contributed by atoms with Gasteiger partial charge in [0.05, 0.1) is 7.11 Å². The van der Waals surface area contributed by atoms with Crippen LogP contribution in [0, 0.1) is 6.92 Å². The summed E-state index contributed by atoms with van der Waals surface area (Å²) < 4.78 is 5.09. The van der Waals surface area contributed by atoms with Gasteiger partial charge in [-0.15, -0.1) is 0 Å². The summed E-state index contributed by atoms with van der Waals surface area (Å²) in [6, 6.07) is 7.58. The van der Waals surface area contributed by atoms with Crippen molar-refractivity contribution in [1.29, 1.82) is 0 Å². The molecule has 1 heterocycles. The van der Waals surface area contributed by atoms with E-state index in [1.54, 1.807) is 13.3 Å². The Morgan fingerprint density at radius 3 is 2.59 bits per heavy atom. The fourth-order valence-electron chi connectivity index (χ4n) is 1.39. The number of rotatable bonds is 3. The molecule has 1 aromatic heterocycles. The Bertz CT molecular complexity index is 510. The number of hydrogen-bond acceptors (Lipinski definition) is 5. The molecule has 0 saturated carbocycles. The van der Waals surface area contributed by atoms with E-state index in [9.17, 15) is 0 Å². The number of aromatic nitrogens is 2. The Kier molecular flexibility index (Phi) is 3.09. The van der Waals surface area contributed by atoms with Crippen LogP contribution in [-0.2, 0) is 0 Å². The van der Waals surface area contributed by atoms with Gasteiger partial charge in [0.1, 0.15) is 11.6 Å². The minimum Gasteiger partial charge on any atom is -0.497 e. The number of nitrogen functional groups attached to an aromatic ring is 1. The van der Waals surface area contributed by atoms with Crippen LogP contribution < -0.4 is 15.8 Å². The number of methoxy groups -OCH3 is 1. The normalized spacial score (nSPS) is 10.0. The molecule has 0 amide bonds. The molecule has 2 rings (SSSR count). The summed E-state index contributed by atoms with van der Waals surface area (Å²) in [5.41, 5.74) is 7.41. The van der Waals surface area contributed by atoms with Crippen molar-refractivity contribution in [2.45, 2.75) is 6.92 Å². The largest absolute Gasteiger partial charge is 0.497 e. The maximum Gasteiger partial charge on any atom is 0.221 e. The summed E-state index contributed by atoms with van der Waals surface area (Å²) in [7, 11) is 1.64. The maximum atomic E-state index is 5.54. The highest BCUT2D eigenvalue weighted by Gasteiger charge is 2.02. The van der Waals surface area contributed by atoms with Crippen LogP contribution in [0.1, 0.15) is 5.56 Å². The first kappa shape index (κ1) is 11.2. The zero-order chi connectivity index (χ0) is 12.3. The fourth-order valence-corrected chi connectivity index (χ4v) is 1.39. The van der Waals surface area contributed by atoms with Gasteiger partial charge in [0, 0.05) is 17.4 Å². The minimum atomic E-state index is 0.256. The zero-order valence-corrected chi connectivity index (χ0v) is 9.77. The number of benzene rings is 1. The van der Waals surface area contributed by atoms with Gasteiger partial charge in [-0.2, -0.15) is 4.98 Å². The summed E-state index contributed by atoms with van der Waals surface area (Å²) in [5.74, 6) is 1.78. The first-order valence-corrected chi connectivity index (χ1v) is 5.19. The van der Waals surface area contributed by atoms with E-state index in [2.05, 4.69) is 15.3 Å². The Hall–Kier alpha value is -2.30. The molecule has 0 fully saturated rings. The molecule has 0 saturated heterocycles. The van der Waals surface area contributed by atoms with Crippen molar-refractivity contribution in [2.24, 2.45) is 0 Å². The van der Waals surface area contributed by atoms with Gasteiger partial charge < -0.3 is 15.8 Å². The first-order chi connectivity index (χ1) is 8.19. The summed E-state index contributed by atoms with van der Waals surface area (Å²) in [6.07, 6.45) is 1.69. The molecule has 0 spiro atoms. The Labute approximate surface area is 99.7 Å². The highest BCUT2D eigenvalue weighted by Crippen LogP contribution is 2.20. The maximum absolute atomic E-state index is 5.54. The molecule has 0 radical (unpaired) electrons. The molecule has 17 heavy (non-hydrogen) atoms. The van der Waals surface area contributed by atoms with Gasteiger partial charge in [-0.25, -0.2) is 4.98 Å². The quantitative estimate of drug-likeness (QED) is 0.844.